The molecule has 2 aromatic carbocycles. The van der Waals surface area contributed by atoms with Gasteiger partial charge in [-0.05, 0) is 66.5 Å². The Morgan fingerprint density at radius 3 is 2.73 bits per heavy atom. The van der Waals surface area contributed by atoms with Crippen molar-refractivity contribution in [2.24, 2.45) is 4.99 Å². The number of anilines is 1. The number of rotatable bonds is 11. The predicted molar refractivity (Wildman–Crippen MR) is 159 cm³/mol. The fourth-order valence-electron chi connectivity index (χ4n) is 5.45. The van der Waals surface area contributed by atoms with Gasteiger partial charge >= 0.3 is 0 Å². The van der Waals surface area contributed by atoms with E-state index in [1.54, 1.807) is 6.92 Å². The molecule has 0 bridgehead atoms. The number of aldehydes is 1. The number of aliphatic imine (C=N–C) groups is 1. The second-order valence-electron chi connectivity index (χ2n) is 10.6. The van der Waals surface area contributed by atoms with Gasteiger partial charge in [0.15, 0.2) is 11.6 Å². The molecule has 9 heteroatoms. The maximum atomic E-state index is 12.0. The van der Waals surface area contributed by atoms with E-state index in [0.717, 1.165) is 73.1 Å². The first-order valence-corrected chi connectivity index (χ1v) is 15.1. The summed E-state index contributed by atoms with van der Waals surface area (Å²) < 4.78 is 14.4. The third kappa shape index (κ3) is 6.02. The molecule has 5 rings (SSSR count). The van der Waals surface area contributed by atoms with Crippen LogP contribution in [-0.2, 0) is 29.3 Å². The zero-order valence-corrected chi connectivity index (χ0v) is 24.9. The van der Waals surface area contributed by atoms with Crippen molar-refractivity contribution < 1.29 is 14.1 Å². The number of carbonyl (C=O) groups is 1. The van der Waals surface area contributed by atoms with E-state index in [9.17, 15) is 4.79 Å². The van der Waals surface area contributed by atoms with Crippen molar-refractivity contribution in [1.82, 2.24) is 10.1 Å². The first kappa shape index (κ1) is 28.5. The Hall–Kier alpha value is -2.99. The number of aryl methyl sites for hydroxylation is 1. The molecule has 0 spiro atoms. The van der Waals surface area contributed by atoms with Crippen molar-refractivity contribution >= 4 is 41.5 Å². The zero-order valence-electron chi connectivity index (χ0n) is 23.3. The molecule has 1 fully saturated rings. The highest BCUT2D eigenvalue weighted by Gasteiger charge is 2.34. The Morgan fingerprint density at radius 1 is 1.23 bits per heavy atom. The van der Waals surface area contributed by atoms with Crippen LogP contribution in [0.1, 0.15) is 74.3 Å². The summed E-state index contributed by atoms with van der Waals surface area (Å²) in [6, 6.07) is 14.4. The summed E-state index contributed by atoms with van der Waals surface area (Å²) in [5, 5.41) is 4.46. The molecule has 0 unspecified atom stereocenters. The van der Waals surface area contributed by atoms with Crippen LogP contribution in [0, 0.1) is 19.1 Å². The number of carbonyl (C=O) groups excluding carboxylic acids is 1. The fourth-order valence-corrected chi connectivity index (χ4v) is 6.36. The van der Waals surface area contributed by atoms with Crippen LogP contribution in [0.4, 0.5) is 5.82 Å². The Labute approximate surface area is 245 Å². The number of unbranched alkanes of at least 4 members (excludes halogenated alkanes) is 1. The van der Waals surface area contributed by atoms with Crippen molar-refractivity contribution in [3.05, 3.63) is 63.9 Å². The lowest BCUT2D eigenvalue weighted by Crippen LogP contribution is -2.33. The number of halogens is 1. The number of aromatic nitrogens is 1. The highest BCUT2D eigenvalue weighted by atomic mass is 35.5. The van der Waals surface area contributed by atoms with Crippen LogP contribution < -0.4 is 4.72 Å². The number of nitrogens with zero attached hydrogens (tertiary/aromatic N) is 3. The standard InChI is InChI=1S/C31H35ClN4O3S/c1-4-5-12-28(33-31(20-37)15-8-9-16-31)36(3)17-22-13-14-23(26-19-38-18-25(22)26)24-10-6-7-11-27(24)40-35-30-29(32)21(2)39-34-30/h10-11,13-14,20H,4-5,8-9,12,15-19H2,1-3H3,(H,34,35). The molecule has 1 aliphatic heterocycles. The summed E-state index contributed by atoms with van der Waals surface area (Å²) in [4.78, 5) is 20.3. The third-order valence-corrected chi connectivity index (χ3v) is 9.07. The molecule has 0 saturated heterocycles. The Bertz CT molecular complexity index is 1380. The molecule has 1 N–H and O–H groups in total. The number of ether oxygens (including phenoxy) is 1. The van der Waals surface area contributed by atoms with Gasteiger partial charge in [0.25, 0.3) is 0 Å². The third-order valence-electron chi connectivity index (χ3n) is 7.77. The van der Waals surface area contributed by atoms with Crippen molar-refractivity contribution in [2.45, 2.75) is 89.0 Å². The average molecular weight is 579 g/mol. The van der Waals surface area contributed by atoms with E-state index < -0.39 is 5.54 Å². The molecule has 2 aliphatic rings. The van der Waals surface area contributed by atoms with Crippen LogP contribution >= 0.6 is 23.5 Å². The van der Waals surface area contributed by atoms with Gasteiger partial charge in [-0.3, -0.25) is 4.99 Å². The monoisotopic (exact) mass is 578 g/mol. The molecule has 0 radical (unpaired) electrons. The second kappa shape index (κ2) is 12.7. The first-order valence-electron chi connectivity index (χ1n) is 13.9. The van der Waals surface area contributed by atoms with Crippen molar-refractivity contribution in [1.29, 1.82) is 0 Å². The molecule has 0 amide bonds. The van der Waals surface area contributed by atoms with Gasteiger partial charge in [-0.25, -0.2) is 0 Å². The van der Waals surface area contributed by atoms with E-state index >= 15 is 0 Å². The van der Waals surface area contributed by atoms with Gasteiger partial charge in [-0.15, -0.1) is 0 Å². The highest BCUT2D eigenvalue weighted by Crippen LogP contribution is 2.39. The van der Waals surface area contributed by atoms with E-state index in [1.807, 2.05) is 12.1 Å². The fraction of sp³-hybridized carbons (Fsp3) is 0.452. The topological polar surface area (TPSA) is 80.0 Å². The number of amidine groups is 1. The van der Waals surface area contributed by atoms with Crippen LogP contribution in [0.25, 0.3) is 11.1 Å². The zero-order chi connectivity index (χ0) is 28.1. The van der Waals surface area contributed by atoms with Gasteiger partial charge in [-0.2, -0.15) is 0 Å². The van der Waals surface area contributed by atoms with Gasteiger partial charge in [0.05, 0.1) is 13.2 Å². The van der Waals surface area contributed by atoms with E-state index in [-0.39, 0.29) is 0 Å². The normalized spacial score (nSPS) is 16.1. The molecular formula is C31H35ClN4O3S. The molecule has 210 valence electrons. The minimum absolute atomic E-state index is 0.470. The SMILES string of the molecule is CCCCC(=NC1(C=O)CCCC1)N(C)Cc1ccc(-c2cc#ccc2SNc2noc(C)c2Cl)c2c1COC2. The number of hydrogen-bond acceptors (Lipinski definition) is 7. The Morgan fingerprint density at radius 2 is 2.00 bits per heavy atom. The lowest BCUT2D eigenvalue weighted by Gasteiger charge is -2.27. The van der Waals surface area contributed by atoms with Gasteiger partial charge < -0.3 is 23.7 Å². The minimum atomic E-state index is -0.552. The van der Waals surface area contributed by atoms with E-state index in [0.29, 0.717) is 36.4 Å². The van der Waals surface area contributed by atoms with Crippen LogP contribution in [0.3, 0.4) is 0 Å². The quantitative estimate of drug-likeness (QED) is 0.109. The first-order chi connectivity index (χ1) is 19.4. The van der Waals surface area contributed by atoms with Crippen molar-refractivity contribution in [3.8, 4) is 11.1 Å². The van der Waals surface area contributed by atoms with Crippen LogP contribution in [0.5, 0.6) is 0 Å². The molecule has 40 heavy (non-hydrogen) atoms. The van der Waals surface area contributed by atoms with Crippen molar-refractivity contribution in [2.75, 3.05) is 11.8 Å². The molecule has 7 nitrogen and oxygen atoms in total. The summed E-state index contributed by atoms with van der Waals surface area (Å²) >= 11 is 7.70. The minimum Gasteiger partial charge on any atom is -0.372 e. The lowest BCUT2D eigenvalue weighted by atomic mass is 9.93. The summed E-state index contributed by atoms with van der Waals surface area (Å²) in [7, 11) is 2.09. The number of hydrogen-bond donors (Lipinski definition) is 1. The lowest BCUT2D eigenvalue weighted by molar-refractivity contribution is -0.112. The average Bonchev–Trinajstić information content (AvgIpc) is 3.72. The van der Waals surface area contributed by atoms with Crippen molar-refractivity contribution in [3.63, 3.8) is 0 Å². The van der Waals surface area contributed by atoms with Gasteiger partial charge in [0.2, 0.25) is 0 Å². The smallest absolute Gasteiger partial charge is 0.198 e. The molecule has 3 aromatic rings. The molecule has 1 saturated carbocycles. The van der Waals surface area contributed by atoms with E-state index in [4.69, 9.17) is 25.9 Å². The molecule has 1 aromatic heterocycles. The van der Waals surface area contributed by atoms with E-state index in [2.05, 4.69) is 53.0 Å². The van der Waals surface area contributed by atoms with Crippen LogP contribution in [0.2, 0.25) is 5.02 Å². The van der Waals surface area contributed by atoms with Gasteiger partial charge in [-0.1, -0.05) is 67.2 Å². The number of benzene rings is 1. The molecular weight excluding hydrogens is 544 g/mol. The van der Waals surface area contributed by atoms with Gasteiger partial charge in [0, 0.05) is 36.5 Å². The summed E-state index contributed by atoms with van der Waals surface area (Å²) in [5.41, 5.74) is 5.23. The summed E-state index contributed by atoms with van der Waals surface area (Å²) in [5.74, 6) is 2.08. The number of fused-ring (bicyclic) bond motifs is 1. The molecule has 1 aliphatic carbocycles. The maximum absolute atomic E-state index is 12.0. The second-order valence-corrected chi connectivity index (χ2v) is 11.8. The number of nitrogens with one attached hydrogen (secondary N) is 1. The Kier molecular flexibility index (Phi) is 9.04. The highest BCUT2D eigenvalue weighted by molar-refractivity contribution is 8.00. The van der Waals surface area contributed by atoms with E-state index in [1.165, 1.54) is 28.6 Å². The predicted octanol–water partition coefficient (Wildman–Crippen LogP) is 7.59. The maximum Gasteiger partial charge on any atom is 0.198 e. The van der Waals surface area contributed by atoms with Gasteiger partial charge in [0.1, 0.15) is 22.7 Å². The largest absolute Gasteiger partial charge is 0.372 e. The molecule has 2 heterocycles. The van der Waals surface area contributed by atoms with Crippen LogP contribution in [-0.4, -0.2) is 34.8 Å². The summed E-state index contributed by atoms with van der Waals surface area (Å²) in [6.45, 7) is 5.80. The summed E-state index contributed by atoms with van der Waals surface area (Å²) in [6.07, 6.45) is 7.91. The van der Waals surface area contributed by atoms with Crippen LogP contribution in [0.15, 0.2) is 38.7 Å². The molecule has 0 atom stereocenters. The Balaban J connectivity index is 1.41.